The molecule has 0 saturated heterocycles. The summed E-state index contributed by atoms with van der Waals surface area (Å²) in [5.74, 6) is 0.750. The first-order valence-electron chi connectivity index (χ1n) is 1.72. The SMILES string of the molecule is BrCc1nnn[nH]1. The van der Waals surface area contributed by atoms with E-state index >= 15 is 0 Å². The Labute approximate surface area is 48.4 Å². The normalized spacial score (nSPS) is 9.29. The van der Waals surface area contributed by atoms with Crippen LogP contribution in [-0.2, 0) is 5.33 Å². The number of tetrazole rings is 1. The molecule has 5 heteroatoms. The third kappa shape index (κ3) is 0.957. The van der Waals surface area contributed by atoms with Crippen molar-refractivity contribution in [3.63, 3.8) is 0 Å². The highest BCUT2D eigenvalue weighted by Crippen LogP contribution is 1.90. The average molecular weight is 163 g/mol. The van der Waals surface area contributed by atoms with Crippen LogP contribution in [0.1, 0.15) is 5.82 Å². The minimum atomic E-state index is 0.681. The van der Waals surface area contributed by atoms with Gasteiger partial charge in [0.2, 0.25) is 0 Å². The fraction of sp³-hybridized carbons (Fsp3) is 0.500. The Morgan fingerprint density at radius 2 is 2.57 bits per heavy atom. The minimum absolute atomic E-state index is 0.681. The second-order valence-corrected chi connectivity index (χ2v) is 1.54. The Morgan fingerprint density at radius 1 is 1.71 bits per heavy atom. The van der Waals surface area contributed by atoms with Gasteiger partial charge in [-0.3, -0.25) is 0 Å². The maximum atomic E-state index is 3.57. The summed E-state index contributed by atoms with van der Waals surface area (Å²) in [6, 6.07) is 0. The van der Waals surface area contributed by atoms with Crippen LogP contribution in [0.25, 0.3) is 0 Å². The zero-order valence-corrected chi connectivity index (χ0v) is 5.01. The van der Waals surface area contributed by atoms with E-state index in [9.17, 15) is 0 Å². The Kier molecular flexibility index (Phi) is 1.35. The molecule has 1 rings (SSSR count). The van der Waals surface area contributed by atoms with Crippen LogP contribution >= 0.6 is 15.9 Å². The van der Waals surface area contributed by atoms with E-state index < -0.39 is 0 Å². The largest absolute Gasteiger partial charge is 0.242 e. The molecule has 0 aromatic carbocycles. The zero-order valence-electron chi connectivity index (χ0n) is 3.43. The monoisotopic (exact) mass is 162 g/mol. The molecule has 0 unspecified atom stereocenters. The van der Waals surface area contributed by atoms with E-state index in [4.69, 9.17) is 0 Å². The Morgan fingerprint density at radius 3 is 2.86 bits per heavy atom. The Bertz CT molecular complexity index is 124. The number of nitrogens with one attached hydrogen (secondary N) is 1. The highest BCUT2D eigenvalue weighted by molar-refractivity contribution is 9.08. The first-order chi connectivity index (χ1) is 3.43. The summed E-state index contributed by atoms with van der Waals surface area (Å²) in [5.41, 5.74) is 0. The van der Waals surface area contributed by atoms with Crippen molar-refractivity contribution in [2.75, 3.05) is 0 Å². The number of hydrogen-bond donors (Lipinski definition) is 1. The maximum Gasteiger partial charge on any atom is 0.159 e. The second-order valence-electron chi connectivity index (χ2n) is 0.982. The van der Waals surface area contributed by atoms with Gasteiger partial charge in [-0.1, -0.05) is 15.9 Å². The van der Waals surface area contributed by atoms with E-state index in [1.54, 1.807) is 0 Å². The smallest absolute Gasteiger partial charge is 0.159 e. The lowest BCUT2D eigenvalue weighted by atomic mass is 10.8. The molecule has 0 amide bonds. The Hall–Kier alpha value is -0.450. The van der Waals surface area contributed by atoms with Crippen LogP contribution < -0.4 is 0 Å². The first kappa shape index (κ1) is 4.70. The van der Waals surface area contributed by atoms with Gasteiger partial charge in [-0.15, -0.1) is 5.10 Å². The summed E-state index contributed by atoms with van der Waals surface area (Å²) in [6.45, 7) is 0. The third-order valence-corrected chi connectivity index (χ3v) is 1.05. The standard InChI is InChI=1S/C2H3BrN4/c3-1-2-4-6-7-5-2/h1H2,(H,4,5,6,7). The van der Waals surface area contributed by atoms with Gasteiger partial charge in [-0.2, -0.15) is 0 Å². The van der Waals surface area contributed by atoms with E-state index in [2.05, 4.69) is 36.6 Å². The van der Waals surface area contributed by atoms with Gasteiger partial charge in [-0.25, -0.2) is 5.10 Å². The van der Waals surface area contributed by atoms with Gasteiger partial charge in [0, 0.05) is 0 Å². The molecule has 0 radical (unpaired) electrons. The van der Waals surface area contributed by atoms with Gasteiger partial charge in [0.1, 0.15) is 0 Å². The van der Waals surface area contributed by atoms with Crippen LogP contribution in [0.4, 0.5) is 0 Å². The van der Waals surface area contributed by atoms with Gasteiger partial charge in [0.25, 0.3) is 0 Å². The molecule has 1 aromatic heterocycles. The lowest BCUT2D eigenvalue weighted by Gasteiger charge is -1.73. The van der Waals surface area contributed by atoms with E-state index in [1.165, 1.54) is 0 Å². The summed E-state index contributed by atoms with van der Waals surface area (Å²) >= 11 is 3.16. The predicted octanol–water partition coefficient (Wildman–Crippen LogP) is 0.0946. The van der Waals surface area contributed by atoms with E-state index in [0.29, 0.717) is 5.33 Å². The van der Waals surface area contributed by atoms with Crippen molar-refractivity contribution in [2.45, 2.75) is 5.33 Å². The Balaban J connectivity index is 2.76. The van der Waals surface area contributed by atoms with Crippen molar-refractivity contribution in [1.82, 2.24) is 20.6 Å². The van der Waals surface area contributed by atoms with Gasteiger partial charge in [0.15, 0.2) is 5.82 Å². The molecular formula is C2H3BrN4. The number of nitrogens with zero attached hydrogens (tertiary/aromatic N) is 3. The number of halogens is 1. The summed E-state index contributed by atoms with van der Waals surface area (Å²) in [5, 5.41) is 13.5. The van der Waals surface area contributed by atoms with Crippen LogP contribution in [0.2, 0.25) is 0 Å². The molecule has 0 aliphatic rings. The highest BCUT2D eigenvalue weighted by Gasteiger charge is 1.87. The lowest BCUT2D eigenvalue weighted by molar-refractivity contribution is 0.881. The summed E-state index contributed by atoms with van der Waals surface area (Å²) < 4.78 is 0. The molecule has 7 heavy (non-hydrogen) atoms. The van der Waals surface area contributed by atoms with Crippen LogP contribution in [0.5, 0.6) is 0 Å². The summed E-state index contributed by atoms with van der Waals surface area (Å²) in [6.07, 6.45) is 0. The topological polar surface area (TPSA) is 54.5 Å². The molecule has 0 atom stereocenters. The van der Waals surface area contributed by atoms with Crippen molar-refractivity contribution < 1.29 is 0 Å². The van der Waals surface area contributed by atoms with E-state index in [1.807, 2.05) is 0 Å². The van der Waals surface area contributed by atoms with Crippen LogP contribution in [-0.4, -0.2) is 20.6 Å². The predicted molar refractivity (Wildman–Crippen MR) is 26.8 cm³/mol. The first-order valence-corrected chi connectivity index (χ1v) is 2.84. The van der Waals surface area contributed by atoms with Crippen LogP contribution in [0.3, 0.4) is 0 Å². The molecule has 1 heterocycles. The second kappa shape index (κ2) is 2.02. The number of rotatable bonds is 1. The molecule has 0 saturated carbocycles. The number of aromatic nitrogens is 4. The quantitative estimate of drug-likeness (QED) is 0.597. The molecule has 1 aromatic rings. The number of H-pyrrole nitrogens is 1. The van der Waals surface area contributed by atoms with E-state index in [-0.39, 0.29) is 0 Å². The minimum Gasteiger partial charge on any atom is -0.242 e. The van der Waals surface area contributed by atoms with Gasteiger partial charge >= 0.3 is 0 Å². The molecule has 0 bridgehead atoms. The summed E-state index contributed by atoms with van der Waals surface area (Å²) in [7, 11) is 0. The molecule has 1 N–H and O–H groups in total. The molecule has 0 spiro atoms. The molecule has 4 nitrogen and oxygen atoms in total. The lowest BCUT2D eigenvalue weighted by Crippen LogP contribution is -1.77. The number of alkyl halides is 1. The average Bonchev–Trinajstić information content (AvgIpc) is 2.14. The maximum absolute atomic E-state index is 3.57. The molecule has 0 fully saturated rings. The van der Waals surface area contributed by atoms with Crippen molar-refractivity contribution in [3.05, 3.63) is 5.82 Å². The fourth-order valence-corrected chi connectivity index (χ4v) is 0.473. The fourth-order valence-electron chi connectivity index (χ4n) is 0.235. The molecule has 0 aliphatic heterocycles. The third-order valence-electron chi connectivity index (χ3n) is 0.516. The highest BCUT2D eigenvalue weighted by atomic mass is 79.9. The van der Waals surface area contributed by atoms with Crippen molar-refractivity contribution >= 4 is 15.9 Å². The van der Waals surface area contributed by atoms with Crippen LogP contribution in [0.15, 0.2) is 0 Å². The molecular weight excluding hydrogens is 160 g/mol. The summed E-state index contributed by atoms with van der Waals surface area (Å²) in [4.78, 5) is 0. The molecule has 0 aliphatic carbocycles. The number of aromatic amines is 1. The van der Waals surface area contributed by atoms with Crippen molar-refractivity contribution in [3.8, 4) is 0 Å². The van der Waals surface area contributed by atoms with Crippen molar-refractivity contribution in [2.24, 2.45) is 0 Å². The van der Waals surface area contributed by atoms with Gasteiger partial charge in [-0.05, 0) is 10.4 Å². The zero-order chi connectivity index (χ0) is 5.11. The molecule has 38 valence electrons. The van der Waals surface area contributed by atoms with Crippen molar-refractivity contribution in [1.29, 1.82) is 0 Å². The van der Waals surface area contributed by atoms with Gasteiger partial charge in [0.05, 0.1) is 5.33 Å². The number of hydrogen-bond acceptors (Lipinski definition) is 3. The van der Waals surface area contributed by atoms with Crippen LogP contribution in [0, 0.1) is 0 Å². The van der Waals surface area contributed by atoms with E-state index in [0.717, 1.165) is 5.82 Å². The van der Waals surface area contributed by atoms with Gasteiger partial charge < -0.3 is 0 Å².